The van der Waals surface area contributed by atoms with Gasteiger partial charge >= 0.3 is 5.69 Å². The summed E-state index contributed by atoms with van der Waals surface area (Å²) in [6.45, 7) is 0.445. The molecule has 6 nitrogen and oxygen atoms in total. The molecule has 0 spiro atoms. The number of hydrogen-bond acceptors (Lipinski definition) is 3. The molecule has 0 saturated carbocycles. The topological polar surface area (TPSA) is 76.1 Å². The van der Waals surface area contributed by atoms with Gasteiger partial charge in [0.2, 0.25) is 0 Å². The van der Waals surface area contributed by atoms with Crippen molar-refractivity contribution in [2.75, 3.05) is 13.2 Å². The van der Waals surface area contributed by atoms with Gasteiger partial charge in [-0.3, -0.25) is 9.36 Å². The maximum absolute atomic E-state index is 13.2. The fourth-order valence-corrected chi connectivity index (χ4v) is 2.38. The smallest absolute Gasteiger partial charge is 0.326 e. The standard InChI is InChI=1S/C17H16FN3O3/c18-12-6-7-15-14(10-12)20-17(23)21(15)9-8-19-16(22)11-24-13-4-2-1-3-5-13/h1-7,10H,8-9,11H2,(H,19,22)(H,20,23). The molecule has 0 bridgehead atoms. The number of nitrogens with zero attached hydrogens (tertiary/aromatic N) is 1. The van der Waals surface area contributed by atoms with Gasteiger partial charge in [0.15, 0.2) is 6.61 Å². The molecule has 0 aliphatic rings. The number of imidazole rings is 1. The molecule has 2 N–H and O–H groups in total. The predicted molar refractivity (Wildman–Crippen MR) is 87.5 cm³/mol. The fraction of sp³-hybridized carbons (Fsp3) is 0.176. The lowest BCUT2D eigenvalue weighted by atomic mass is 10.3. The molecule has 1 heterocycles. The Morgan fingerprint density at radius 2 is 2.00 bits per heavy atom. The molecule has 0 unspecified atom stereocenters. The molecule has 3 aromatic rings. The Hall–Kier alpha value is -3.09. The zero-order valence-electron chi connectivity index (χ0n) is 12.8. The summed E-state index contributed by atoms with van der Waals surface area (Å²) in [6, 6.07) is 13.1. The minimum Gasteiger partial charge on any atom is -0.484 e. The van der Waals surface area contributed by atoms with Crippen molar-refractivity contribution < 1.29 is 13.9 Å². The van der Waals surface area contributed by atoms with Crippen LogP contribution in [0.3, 0.4) is 0 Å². The van der Waals surface area contributed by atoms with Crippen LogP contribution >= 0.6 is 0 Å². The van der Waals surface area contributed by atoms with E-state index in [1.807, 2.05) is 18.2 Å². The number of para-hydroxylation sites is 1. The van der Waals surface area contributed by atoms with Crippen molar-refractivity contribution >= 4 is 16.9 Å². The second kappa shape index (κ2) is 6.99. The Morgan fingerprint density at radius 1 is 1.21 bits per heavy atom. The van der Waals surface area contributed by atoms with Crippen molar-refractivity contribution in [2.24, 2.45) is 0 Å². The fourth-order valence-electron chi connectivity index (χ4n) is 2.38. The normalized spacial score (nSPS) is 10.7. The lowest BCUT2D eigenvalue weighted by Gasteiger charge is -2.08. The van der Waals surface area contributed by atoms with E-state index in [4.69, 9.17) is 4.74 Å². The van der Waals surface area contributed by atoms with Crippen molar-refractivity contribution in [1.82, 2.24) is 14.9 Å². The zero-order chi connectivity index (χ0) is 16.9. The third kappa shape index (κ3) is 3.62. The molecule has 24 heavy (non-hydrogen) atoms. The van der Waals surface area contributed by atoms with E-state index in [9.17, 15) is 14.0 Å². The molecule has 124 valence electrons. The van der Waals surface area contributed by atoms with Crippen LogP contribution in [0.25, 0.3) is 11.0 Å². The lowest BCUT2D eigenvalue weighted by Crippen LogP contribution is -2.33. The van der Waals surface area contributed by atoms with Crippen LogP contribution in [0, 0.1) is 5.82 Å². The van der Waals surface area contributed by atoms with E-state index in [0.29, 0.717) is 16.8 Å². The molecule has 0 atom stereocenters. The predicted octanol–water partition coefficient (Wildman–Crippen LogP) is 1.66. The summed E-state index contributed by atoms with van der Waals surface area (Å²) >= 11 is 0. The largest absolute Gasteiger partial charge is 0.484 e. The van der Waals surface area contributed by atoms with Crippen molar-refractivity contribution in [3.05, 3.63) is 64.8 Å². The third-order valence-electron chi connectivity index (χ3n) is 3.51. The first-order chi connectivity index (χ1) is 11.6. The van der Waals surface area contributed by atoms with Crippen LogP contribution in [-0.4, -0.2) is 28.6 Å². The molecule has 2 aromatic carbocycles. The molecule has 0 saturated heterocycles. The van der Waals surface area contributed by atoms with Gasteiger partial charge in [0.25, 0.3) is 5.91 Å². The van der Waals surface area contributed by atoms with Gasteiger partial charge in [0.05, 0.1) is 11.0 Å². The highest BCUT2D eigenvalue weighted by molar-refractivity contribution is 5.77. The Labute approximate surface area is 136 Å². The van der Waals surface area contributed by atoms with Crippen LogP contribution in [0.15, 0.2) is 53.3 Å². The minimum atomic E-state index is -0.415. The molecule has 0 aliphatic carbocycles. The lowest BCUT2D eigenvalue weighted by molar-refractivity contribution is -0.123. The second-order valence-electron chi connectivity index (χ2n) is 5.19. The van der Waals surface area contributed by atoms with E-state index < -0.39 is 5.82 Å². The quantitative estimate of drug-likeness (QED) is 0.722. The monoisotopic (exact) mass is 329 g/mol. The average Bonchev–Trinajstić information content (AvgIpc) is 2.88. The number of carbonyl (C=O) groups is 1. The van der Waals surface area contributed by atoms with Gasteiger partial charge in [-0.1, -0.05) is 18.2 Å². The summed E-state index contributed by atoms with van der Waals surface area (Å²) in [5.41, 5.74) is 0.681. The number of fused-ring (bicyclic) bond motifs is 1. The number of hydrogen-bond donors (Lipinski definition) is 2. The number of H-pyrrole nitrogens is 1. The molecule has 3 rings (SSSR count). The molecule has 1 aromatic heterocycles. The van der Waals surface area contributed by atoms with Gasteiger partial charge in [0, 0.05) is 13.1 Å². The number of ether oxygens (including phenoxy) is 1. The van der Waals surface area contributed by atoms with Crippen LogP contribution in [0.1, 0.15) is 0 Å². The Balaban J connectivity index is 1.54. The van der Waals surface area contributed by atoms with E-state index in [-0.39, 0.29) is 31.3 Å². The minimum absolute atomic E-state index is 0.0992. The summed E-state index contributed by atoms with van der Waals surface area (Å²) < 4.78 is 19.9. The first kappa shape index (κ1) is 15.8. The molecule has 0 radical (unpaired) electrons. The van der Waals surface area contributed by atoms with E-state index >= 15 is 0 Å². The highest BCUT2D eigenvalue weighted by Crippen LogP contribution is 2.11. The highest BCUT2D eigenvalue weighted by Gasteiger charge is 2.08. The van der Waals surface area contributed by atoms with Gasteiger partial charge < -0.3 is 15.0 Å². The molecule has 0 fully saturated rings. The Kier molecular flexibility index (Phi) is 4.60. The summed E-state index contributed by atoms with van der Waals surface area (Å²) in [6.07, 6.45) is 0. The second-order valence-corrected chi connectivity index (χ2v) is 5.19. The Bertz CT molecular complexity index is 902. The van der Waals surface area contributed by atoms with E-state index in [0.717, 1.165) is 0 Å². The third-order valence-corrected chi connectivity index (χ3v) is 3.51. The Morgan fingerprint density at radius 3 is 2.79 bits per heavy atom. The SMILES string of the molecule is O=C(COc1ccccc1)NCCn1c(=O)[nH]c2cc(F)ccc21. The maximum atomic E-state index is 13.2. The summed E-state index contributed by atoms with van der Waals surface area (Å²) in [7, 11) is 0. The van der Waals surface area contributed by atoms with Crippen molar-refractivity contribution in [3.63, 3.8) is 0 Å². The maximum Gasteiger partial charge on any atom is 0.326 e. The molecule has 0 aliphatic heterocycles. The van der Waals surface area contributed by atoms with Gasteiger partial charge in [-0.15, -0.1) is 0 Å². The number of aromatic amines is 1. The number of carbonyl (C=O) groups excluding carboxylic acids is 1. The molecular formula is C17H16FN3O3. The number of aromatic nitrogens is 2. The molecule has 1 amide bonds. The number of rotatable bonds is 6. The molecular weight excluding hydrogens is 313 g/mol. The molecule has 7 heteroatoms. The van der Waals surface area contributed by atoms with E-state index in [1.165, 1.54) is 22.8 Å². The van der Waals surface area contributed by atoms with Crippen LogP contribution in [0.4, 0.5) is 4.39 Å². The van der Waals surface area contributed by atoms with Gasteiger partial charge in [-0.05, 0) is 30.3 Å². The number of amides is 1. The first-order valence-corrected chi connectivity index (χ1v) is 7.46. The average molecular weight is 329 g/mol. The number of benzene rings is 2. The van der Waals surface area contributed by atoms with E-state index in [2.05, 4.69) is 10.3 Å². The van der Waals surface area contributed by atoms with Crippen LogP contribution in [0.2, 0.25) is 0 Å². The summed E-state index contributed by atoms with van der Waals surface area (Å²) in [5, 5.41) is 2.68. The highest BCUT2D eigenvalue weighted by atomic mass is 19.1. The summed E-state index contributed by atoms with van der Waals surface area (Å²) in [4.78, 5) is 26.2. The summed E-state index contributed by atoms with van der Waals surface area (Å²) in [5.74, 6) is -0.0809. The number of nitrogens with one attached hydrogen (secondary N) is 2. The van der Waals surface area contributed by atoms with Crippen LogP contribution in [0.5, 0.6) is 5.75 Å². The van der Waals surface area contributed by atoms with Crippen LogP contribution < -0.4 is 15.7 Å². The zero-order valence-corrected chi connectivity index (χ0v) is 12.8. The van der Waals surface area contributed by atoms with Crippen molar-refractivity contribution in [3.8, 4) is 5.75 Å². The van der Waals surface area contributed by atoms with Crippen LogP contribution in [-0.2, 0) is 11.3 Å². The van der Waals surface area contributed by atoms with Crippen molar-refractivity contribution in [2.45, 2.75) is 6.54 Å². The van der Waals surface area contributed by atoms with Gasteiger partial charge in [-0.25, -0.2) is 9.18 Å². The first-order valence-electron chi connectivity index (χ1n) is 7.46. The van der Waals surface area contributed by atoms with Crippen molar-refractivity contribution in [1.29, 1.82) is 0 Å². The van der Waals surface area contributed by atoms with Gasteiger partial charge in [0.1, 0.15) is 11.6 Å². The van der Waals surface area contributed by atoms with Gasteiger partial charge in [-0.2, -0.15) is 0 Å². The van der Waals surface area contributed by atoms with E-state index in [1.54, 1.807) is 12.1 Å². The number of halogens is 1.